The second-order valence-corrected chi connectivity index (χ2v) is 7.71. The van der Waals surface area contributed by atoms with Gasteiger partial charge < -0.3 is 9.38 Å². The van der Waals surface area contributed by atoms with Gasteiger partial charge in [-0.1, -0.05) is 11.6 Å². The number of fused-ring (bicyclic) bond motifs is 2. The molecule has 0 bridgehead atoms. The molecule has 7 heteroatoms. The summed E-state index contributed by atoms with van der Waals surface area (Å²) in [6.07, 6.45) is 4.49. The summed E-state index contributed by atoms with van der Waals surface area (Å²) in [6, 6.07) is 5.50. The van der Waals surface area contributed by atoms with Gasteiger partial charge in [-0.3, -0.25) is 4.79 Å². The Hall–Kier alpha value is -1.93. The molecule has 3 aromatic heterocycles. The molecule has 5 nitrogen and oxygen atoms in total. The lowest BCUT2D eigenvalue weighted by atomic mass is 10.2. The van der Waals surface area contributed by atoms with Crippen LogP contribution in [-0.2, 0) is 6.42 Å². The Kier molecular flexibility index (Phi) is 4.04. The summed E-state index contributed by atoms with van der Waals surface area (Å²) in [7, 11) is 0. The molecule has 25 heavy (non-hydrogen) atoms. The summed E-state index contributed by atoms with van der Waals surface area (Å²) in [5.41, 5.74) is 4.64. The minimum absolute atomic E-state index is 0.184. The minimum atomic E-state index is -0.184. The number of pyridine rings is 1. The van der Waals surface area contributed by atoms with Crippen LogP contribution in [0.4, 0.5) is 0 Å². The summed E-state index contributed by atoms with van der Waals surface area (Å²) in [5, 5.41) is 1.03. The second-order valence-electron chi connectivity index (χ2n) is 6.11. The van der Waals surface area contributed by atoms with E-state index in [0.717, 1.165) is 14.9 Å². The maximum absolute atomic E-state index is 12.4. The Morgan fingerprint density at radius 3 is 2.76 bits per heavy atom. The van der Waals surface area contributed by atoms with Gasteiger partial charge in [-0.05, 0) is 65.8 Å². The fraction of sp³-hybridized carbons (Fsp3) is 0.167. The number of halogens is 2. The number of aryl methyl sites for hydroxylation is 2. The van der Waals surface area contributed by atoms with Gasteiger partial charge in [0.2, 0.25) is 0 Å². The molecular formula is C18H14ClIN4O. The molecule has 3 heterocycles. The van der Waals surface area contributed by atoms with Crippen molar-refractivity contribution in [3.63, 3.8) is 0 Å². The van der Waals surface area contributed by atoms with E-state index in [1.807, 2.05) is 10.6 Å². The lowest BCUT2D eigenvalue weighted by Crippen LogP contribution is -2.13. The van der Waals surface area contributed by atoms with Gasteiger partial charge >= 0.3 is 0 Å². The van der Waals surface area contributed by atoms with Crippen molar-refractivity contribution >= 4 is 50.7 Å². The Balaban J connectivity index is 1.79. The van der Waals surface area contributed by atoms with Crippen LogP contribution >= 0.6 is 34.2 Å². The number of nitrogens with one attached hydrogen (secondary N) is 1. The summed E-state index contributed by atoms with van der Waals surface area (Å²) in [6.45, 7) is 4.14. The maximum atomic E-state index is 12.4. The van der Waals surface area contributed by atoms with E-state index in [0.29, 0.717) is 28.2 Å². The van der Waals surface area contributed by atoms with E-state index in [2.05, 4.69) is 63.7 Å². The highest BCUT2D eigenvalue weighted by molar-refractivity contribution is 14.1. The molecule has 1 aromatic carbocycles. The number of hydrogen-bond donors (Lipinski definition) is 1. The van der Waals surface area contributed by atoms with E-state index in [1.54, 1.807) is 12.1 Å². The number of hydrogen-bond acceptors (Lipinski definition) is 3. The van der Waals surface area contributed by atoms with Gasteiger partial charge in [0, 0.05) is 27.4 Å². The fourth-order valence-corrected chi connectivity index (χ4v) is 3.99. The van der Waals surface area contributed by atoms with Crippen LogP contribution < -0.4 is 5.56 Å². The molecule has 0 fully saturated rings. The van der Waals surface area contributed by atoms with E-state index in [4.69, 9.17) is 11.6 Å². The lowest BCUT2D eigenvalue weighted by molar-refractivity contribution is 0.949. The number of nitrogens with zero attached hydrogens (tertiary/aromatic N) is 3. The molecule has 1 N–H and O–H groups in total. The van der Waals surface area contributed by atoms with E-state index in [-0.39, 0.29) is 5.56 Å². The summed E-state index contributed by atoms with van der Waals surface area (Å²) >= 11 is 8.19. The molecule has 4 rings (SSSR count). The molecule has 0 saturated carbocycles. The van der Waals surface area contributed by atoms with Gasteiger partial charge in [0.25, 0.3) is 5.56 Å². The third-order valence-corrected chi connectivity index (χ3v) is 5.28. The van der Waals surface area contributed by atoms with Crippen molar-refractivity contribution in [2.45, 2.75) is 20.3 Å². The van der Waals surface area contributed by atoms with Crippen LogP contribution in [-0.4, -0.2) is 19.4 Å². The van der Waals surface area contributed by atoms with Crippen LogP contribution in [0.15, 0.2) is 35.4 Å². The third kappa shape index (κ3) is 3.04. The van der Waals surface area contributed by atoms with Crippen molar-refractivity contribution in [2.24, 2.45) is 0 Å². The number of aromatic amines is 1. The summed E-state index contributed by atoms with van der Waals surface area (Å²) in [4.78, 5) is 24.5. The maximum Gasteiger partial charge on any atom is 0.258 e. The Labute approximate surface area is 162 Å². The quantitative estimate of drug-likeness (QED) is 0.456. The Bertz CT molecular complexity index is 1160. The van der Waals surface area contributed by atoms with Crippen molar-refractivity contribution < 1.29 is 0 Å². The smallest absolute Gasteiger partial charge is 0.258 e. The van der Waals surface area contributed by atoms with E-state index < -0.39 is 0 Å². The molecule has 0 spiro atoms. The first kappa shape index (κ1) is 16.5. The predicted octanol–water partition coefficient (Wildman–Crippen LogP) is 4.04. The first-order valence-electron chi connectivity index (χ1n) is 7.73. The molecule has 0 aliphatic heterocycles. The molecule has 4 aromatic rings. The number of imidazole rings is 1. The molecule has 0 unspecified atom stereocenters. The normalized spacial score (nSPS) is 11.5. The number of benzene rings is 1. The van der Waals surface area contributed by atoms with Crippen molar-refractivity contribution in [3.8, 4) is 0 Å². The molecule has 0 aliphatic rings. The highest BCUT2D eigenvalue weighted by Crippen LogP contribution is 2.22. The molecule has 0 saturated heterocycles. The topological polar surface area (TPSA) is 63.0 Å². The summed E-state index contributed by atoms with van der Waals surface area (Å²) in [5.74, 6) is 0.592. The predicted molar refractivity (Wildman–Crippen MR) is 108 cm³/mol. The molecule has 126 valence electrons. The zero-order chi connectivity index (χ0) is 17.7. The standard InChI is InChI=1S/C18H14ClIN4O/c1-9-3-16-21-12(8-24(16)7-10(9)2)6-15-22-17-13(18(25)23-15)4-11(19)5-14(17)20/h3-5,7-8H,6H2,1-2H3,(H,22,23,25). The largest absolute Gasteiger partial charge is 0.310 e. The van der Waals surface area contributed by atoms with Crippen molar-refractivity contribution in [3.05, 3.63) is 72.2 Å². The lowest BCUT2D eigenvalue weighted by Gasteiger charge is -2.04. The number of rotatable bonds is 2. The van der Waals surface area contributed by atoms with Gasteiger partial charge in [0.15, 0.2) is 0 Å². The average molecular weight is 465 g/mol. The third-order valence-electron chi connectivity index (χ3n) is 4.24. The van der Waals surface area contributed by atoms with Crippen molar-refractivity contribution in [1.29, 1.82) is 0 Å². The Morgan fingerprint density at radius 2 is 1.96 bits per heavy atom. The van der Waals surface area contributed by atoms with Gasteiger partial charge in [-0.2, -0.15) is 0 Å². The first-order chi connectivity index (χ1) is 11.9. The van der Waals surface area contributed by atoms with Crippen LogP contribution in [0, 0.1) is 17.4 Å². The molecule has 0 amide bonds. The van der Waals surface area contributed by atoms with Crippen molar-refractivity contribution in [1.82, 2.24) is 19.4 Å². The molecule has 0 atom stereocenters. The number of H-pyrrole nitrogens is 1. The van der Waals surface area contributed by atoms with E-state index in [9.17, 15) is 4.79 Å². The van der Waals surface area contributed by atoms with Crippen LogP contribution in [0.25, 0.3) is 16.6 Å². The van der Waals surface area contributed by atoms with Gasteiger partial charge in [0.05, 0.1) is 16.6 Å². The van der Waals surface area contributed by atoms with Gasteiger partial charge in [0.1, 0.15) is 11.5 Å². The number of aromatic nitrogens is 4. The van der Waals surface area contributed by atoms with Gasteiger partial charge in [-0.25, -0.2) is 9.97 Å². The second kappa shape index (κ2) is 6.10. The highest BCUT2D eigenvalue weighted by atomic mass is 127. The minimum Gasteiger partial charge on any atom is -0.310 e. The molecular weight excluding hydrogens is 451 g/mol. The monoisotopic (exact) mass is 464 g/mol. The van der Waals surface area contributed by atoms with Gasteiger partial charge in [-0.15, -0.1) is 0 Å². The van der Waals surface area contributed by atoms with Crippen LogP contribution in [0.3, 0.4) is 0 Å². The van der Waals surface area contributed by atoms with Crippen LogP contribution in [0.5, 0.6) is 0 Å². The summed E-state index contributed by atoms with van der Waals surface area (Å²) < 4.78 is 2.86. The zero-order valence-corrected chi connectivity index (χ0v) is 16.5. The first-order valence-corrected chi connectivity index (χ1v) is 9.19. The Morgan fingerprint density at radius 1 is 1.16 bits per heavy atom. The average Bonchev–Trinajstić information content (AvgIpc) is 2.90. The SMILES string of the molecule is Cc1cc2nc(Cc3nc4c(I)cc(Cl)cc4c(=O)[nH]3)cn2cc1C. The van der Waals surface area contributed by atoms with Crippen molar-refractivity contribution in [2.75, 3.05) is 0 Å². The molecule has 0 aliphatic carbocycles. The van der Waals surface area contributed by atoms with Crippen LogP contribution in [0.2, 0.25) is 5.02 Å². The van der Waals surface area contributed by atoms with E-state index in [1.165, 1.54) is 11.1 Å². The van der Waals surface area contributed by atoms with E-state index >= 15 is 0 Å². The fourth-order valence-electron chi connectivity index (χ4n) is 2.84. The van der Waals surface area contributed by atoms with Crippen LogP contribution in [0.1, 0.15) is 22.6 Å². The zero-order valence-electron chi connectivity index (χ0n) is 13.6. The molecule has 0 radical (unpaired) electrons. The highest BCUT2D eigenvalue weighted by Gasteiger charge is 2.11.